The van der Waals surface area contributed by atoms with Crippen molar-refractivity contribution in [3.63, 3.8) is 0 Å². The first-order valence-corrected chi connectivity index (χ1v) is 4.89. The van der Waals surface area contributed by atoms with Crippen molar-refractivity contribution in [3.05, 3.63) is 23.0 Å². The number of rotatable bonds is 4. The Bertz CT molecular complexity index is 424. The summed E-state index contributed by atoms with van der Waals surface area (Å²) in [6.07, 6.45) is -2.85. The minimum atomic E-state index is -2.85. The number of hydrogen-bond donors (Lipinski definition) is 2. The molecule has 7 heteroatoms. The Morgan fingerprint density at radius 1 is 1.65 bits per heavy atom. The summed E-state index contributed by atoms with van der Waals surface area (Å²) >= 11 is 0. The number of esters is 1. The van der Waals surface area contributed by atoms with Crippen molar-refractivity contribution >= 4 is 5.97 Å². The van der Waals surface area contributed by atoms with E-state index in [2.05, 4.69) is 9.72 Å². The standard InChI is InChI=1S/C10H12F2N2O3/c1-2-17-10(16)5-3-6(9(11)12)14-7(4-13)8(5)15/h3,9,15H,2,4,13H2,1H3. The highest BCUT2D eigenvalue weighted by molar-refractivity contribution is 5.92. The molecule has 0 fully saturated rings. The van der Waals surface area contributed by atoms with Crippen LogP contribution in [0.4, 0.5) is 8.78 Å². The van der Waals surface area contributed by atoms with Crippen LogP contribution in [-0.2, 0) is 11.3 Å². The number of aromatic hydroxyl groups is 1. The van der Waals surface area contributed by atoms with Crippen molar-refractivity contribution in [2.75, 3.05) is 6.61 Å². The monoisotopic (exact) mass is 246 g/mol. The van der Waals surface area contributed by atoms with E-state index in [-0.39, 0.29) is 24.4 Å². The number of hydrogen-bond acceptors (Lipinski definition) is 5. The fourth-order valence-electron chi connectivity index (χ4n) is 1.23. The van der Waals surface area contributed by atoms with Crippen molar-refractivity contribution in [2.45, 2.75) is 19.9 Å². The third-order valence-electron chi connectivity index (χ3n) is 2.00. The minimum Gasteiger partial charge on any atom is -0.505 e. The van der Waals surface area contributed by atoms with Gasteiger partial charge in [0.15, 0.2) is 5.75 Å². The predicted octanol–water partition coefficient (Wildman–Crippen LogP) is 1.36. The van der Waals surface area contributed by atoms with Crippen molar-refractivity contribution in [3.8, 4) is 5.75 Å². The van der Waals surface area contributed by atoms with Crippen LogP contribution < -0.4 is 5.73 Å². The molecule has 0 radical (unpaired) electrons. The van der Waals surface area contributed by atoms with E-state index in [1.54, 1.807) is 6.92 Å². The van der Waals surface area contributed by atoms with Gasteiger partial charge in [-0.2, -0.15) is 0 Å². The lowest BCUT2D eigenvalue weighted by atomic mass is 10.1. The lowest BCUT2D eigenvalue weighted by molar-refractivity contribution is 0.0522. The molecule has 0 aliphatic rings. The molecule has 5 nitrogen and oxygen atoms in total. The van der Waals surface area contributed by atoms with E-state index in [4.69, 9.17) is 5.73 Å². The maximum Gasteiger partial charge on any atom is 0.342 e. The van der Waals surface area contributed by atoms with E-state index < -0.39 is 23.8 Å². The summed E-state index contributed by atoms with van der Waals surface area (Å²) in [4.78, 5) is 14.9. The number of nitrogens with two attached hydrogens (primary N) is 1. The summed E-state index contributed by atoms with van der Waals surface area (Å²) in [5.41, 5.74) is 4.11. The molecule has 1 aromatic heterocycles. The Morgan fingerprint density at radius 2 is 2.29 bits per heavy atom. The number of carbonyl (C=O) groups excluding carboxylic acids is 1. The van der Waals surface area contributed by atoms with Gasteiger partial charge in [-0.05, 0) is 13.0 Å². The highest BCUT2D eigenvalue weighted by Gasteiger charge is 2.21. The average Bonchev–Trinajstić information content (AvgIpc) is 2.29. The number of halogens is 2. The van der Waals surface area contributed by atoms with E-state index in [1.165, 1.54) is 0 Å². The van der Waals surface area contributed by atoms with Gasteiger partial charge >= 0.3 is 5.97 Å². The fourth-order valence-corrected chi connectivity index (χ4v) is 1.23. The van der Waals surface area contributed by atoms with E-state index in [1.807, 2.05) is 0 Å². The zero-order chi connectivity index (χ0) is 13.0. The highest BCUT2D eigenvalue weighted by Crippen LogP contribution is 2.27. The minimum absolute atomic E-state index is 0.0720. The van der Waals surface area contributed by atoms with E-state index in [9.17, 15) is 18.7 Å². The van der Waals surface area contributed by atoms with Gasteiger partial charge in [-0.3, -0.25) is 0 Å². The molecule has 94 valence electrons. The van der Waals surface area contributed by atoms with Gasteiger partial charge in [-0.25, -0.2) is 18.6 Å². The molecule has 0 aliphatic heterocycles. The van der Waals surface area contributed by atoms with Crippen molar-refractivity contribution in [1.29, 1.82) is 0 Å². The molecule has 0 bridgehead atoms. The molecule has 0 atom stereocenters. The topological polar surface area (TPSA) is 85.4 Å². The highest BCUT2D eigenvalue weighted by atomic mass is 19.3. The largest absolute Gasteiger partial charge is 0.505 e. The molecule has 0 unspecified atom stereocenters. The molecular weight excluding hydrogens is 234 g/mol. The van der Waals surface area contributed by atoms with Gasteiger partial charge in [0.05, 0.1) is 12.3 Å². The summed E-state index contributed by atoms with van der Waals surface area (Å²) in [6.45, 7) is 1.38. The third-order valence-corrected chi connectivity index (χ3v) is 2.00. The Hall–Kier alpha value is -1.76. The summed E-state index contributed by atoms with van der Waals surface area (Å²) in [6, 6.07) is 0.803. The first-order chi connectivity index (χ1) is 8.01. The van der Waals surface area contributed by atoms with Crippen LogP contribution in [0.1, 0.15) is 35.1 Å². The third kappa shape index (κ3) is 2.88. The van der Waals surface area contributed by atoms with Crippen LogP contribution in [0.5, 0.6) is 5.75 Å². The first-order valence-electron chi connectivity index (χ1n) is 4.89. The van der Waals surface area contributed by atoms with Crippen molar-refractivity contribution in [1.82, 2.24) is 4.98 Å². The molecule has 3 N–H and O–H groups in total. The Morgan fingerprint density at radius 3 is 2.76 bits per heavy atom. The zero-order valence-corrected chi connectivity index (χ0v) is 9.11. The molecule has 0 aliphatic carbocycles. The normalized spacial score (nSPS) is 10.6. The molecule has 0 saturated heterocycles. The first kappa shape index (κ1) is 13.3. The Labute approximate surface area is 96.2 Å². The SMILES string of the molecule is CCOC(=O)c1cc(C(F)F)nc(CN)c1O. The summed E-state index contributed by atoms with van der Waals surface area (Å²) in [7, 11) is 0. The molecule has 1 heterocycles. The summed E-state index contributed by atoms with van der Waals surface area (Å²) < 4.78 is 29.6. The second-order valence-electron chi connectivity index (χ2n) is 3.12. The van der Waals surface area contributed by atoms with Crippen LogP contribution in [0.3, 0.4) is 0 Å². The smallest absolute Gasteiger partial charge is 0.342 e. The van der Waals surface area contributed by atoms with Gasteiger partial charge in [0, 0.05) is 6.54 Å². The van der Waals surface area contributed by atoms with Crippen LogP contribution in [0.2, 0.25) is 0 Å². The lowest BCUT2D eigenvalue weighted by Gasteiger charge is -2.10. The van der Waals surface area contributed by atoms with Crippen LogP contribution in [0, 0.1) is 0 Å². The molecule has 0 spiro atoms. The molecule has 0 saturated carbocycles. The van der Waals surface area contributed by atoms with Gasteiger partial charge < -0.3 is 15.6 Å². The number of nitrogens with zero attached hydrogens (tertiary/aromatic N) is 1. The summed E-state index contributed by atoms with van der Waals surface area (Å²) in [5.74, 6) is -1.40. The van der Waals surface area contributed by atoms with Crippen LogP contribution in [0.15, 0.2) is 6.07 Å². The number of alkyl halides is 2. The van der Waals surface area contributed by atoms with E-state index in [0.717, 1.165) is 6.07 Å². The maximum absolute atomic E-state index is 12.5. The number of ether oxygens (including phenoxy) is 1. The van der Waals surface area contributed by atoms with E-state index >= 15 is 0 Å². The van der Waals surface area contributed by atoms with Crippen LogP contribution in [-0.4, -0.2) is 22.7 Å². The van der Waals surface area contributed by atoms with Crippen LogP contribution >= 0.6 is 0 Å². The Balaban J connectivity index is 3.27. The molecular formula is C10H12F2N2O3. The molecule has 0 amide bonds. The second-order valence-corrected chi connectivity index (χ2v) is 3.12. The second kappa shape index (κ2) is 5.53. The lowest BCUT2D eigenvalue weighted by Crippen LogP contribution is -2.11. The van der Waals surface area contributed by atoms with Gasteiger partial charge in [0.25, 0.3) is 6.43 Å². The summed E-state index contributed by atoms with van der Waals surface area (Å²) in [5, 5.41) is 9.60. The number of carbonyl (C=O) groups is 1. The molecule has 0 aromatic carbocycles. The van der Waals surface area contributed by atoms with Crippen molar-refractivity contribution < 1.29 is 23.4 Å². The molecule has 17 heavy (non-hydrogen) atoms. The van der Waals surface area contributed by atoms with Crippen LogP contribution in [0.25, 0.3) is 0 Å². The predicted molar refractivity (Wildman–Crippen MR) is 54.7 cm³/mol. The van der Waals surface area contributed by atoms with Gasteiger partial charge in [-0.1, -0.05) is 0 Å². The maximum atomic E-state index is 12.5. The van der Waals surface area contributed by atoms with E-state index in [0.29, 0.717) is 0 Å². The molecule has 1 aromatic rings. The van der Waals surface area contributed by atoms with Gasteiger partial charge in [-0.15, -0.1) is 0 Å². The Kier molecular flexibility index (Phi) is 4.33. The van der Waals surface area contributed by atoms with Gasteiger partial charge in [0.1, 0.15) is 11.3 Å². The number of pyridine rings is 1. The molecule has 1 rings (SSSR count). The quantitative estimate of drug-likeness (QED) is 0.783. The number of aromatic nitrogens is 1. The van der Waals surface area contributed by atoms with Crippen molar-refractivity contribution in [2.24, 2.45) is 5.73 Å². The van der Waals surface area contributed by atoms with Gasteiger partial charge in [0.2, 0.25) is 0 Å². The fraction of sp³-hybridized carbons (Fsp3) is 0.400. The average molecular weight is 246 g/mol. The zero-order valence-electron chi connectivity index (χ0n) is 9.11.